The summed E-state index contributed by atoms with van der Waals surface area (Å²) in [6, 6.07) is 10.7. The average molecular weight is 203 g/mol. The Balaban J connectivity index is 1.64. The van der Waals surface area contributed by atoms with E-state index in [1.165, 1.54) is 18.5 Å². The molecule has 1 aromatic rings. The van der Waals surface area contributed by atoms with Crippen molar-refractivity contribution in [1.29, 1.82) is 0 Å². The third kappa shape index (κ3) is 1.80. The summed E-state index contributed by atoms with van der Waals surface area (Å²) >= 11 is 0. The van der Waals surface area contributed by atoms with Crippen LogP contribution in [0.5, 0.6) is 0 Å². The molecule has 0 amide bonds. The number of ether oxygens (including phenoxy) is 1. The second-order valence-electron chi connectivity index (χ2n) is 4.90. The van der Waals surface area contributed by atoms with Crippen molar-refractivity contribution in [3.05, 3.63) is 35.9 Å². The molecule has 15 heavy (non-hydrogen) atoms. The Hall–Kier alpha value is -0.860. The topological polar surface area (TPSA) is 15.8 Å². The molecule has 2 atom stereocenters. The van der Waals surface area contributed by atoms with Crippen molar-refractivity contribution in [2.75, 3.05) is 13.1 Å². The Kier molecular flexibility index (Phi) is 2.08. The van der Waals surface area contributed by atoms with Crippen LogP contribution >= 0.6 is 0 Å². The van der Waals surface area contributed by atoms with Gasteiger partial charge in [-0.25, -0.2) is 0 Å². The second-order valence-corrected chi connectivity index (χ2v) is 4.90. The average Bonchev–Trinajstić information content (AvgIpc) is 2.90. The van der Waals surface area contributed by atoms with Gasteiger partial charge in [0.15, 0.2) is 0 Å². The number of rotatable bonds is 2. The highest BCUT2D eigenvalue weighted by Gasteiger charge is 2.55. The molecule has 80 valence electrons. The SMILES string of the molecule is C[C@]12CN(Cc3ccccc3)CC[C@H]1O2. The molecule has 0 aromatic heterocycles. The van der Waals surface area contributed by atoms with Crippen LogP contribution in [-0.2, 0) is 11.3 Å². The number of nitrogens with zero attached hydrogens (tertiary/aromatic N) is 1. The van der Waals surface area contributed by atoms with E-state index in [4.69, 9.17) is 4.74 Å². The summed E-state index contributed by atoms with van der Waals surface area (Å²) in [5.74, 6) is 0. The largest absolute Gasteiger partial charge is 0.365 e. The highest BCUT2D eigenvalue weighted by molar-refractivity contribution is 5.15. The van der Waals surface area contributed by atoms with Crippen molar-refractivity contribution < 1.29 is 4.74 Å². The molecule has 2 heteroatoms. The Bertz CT molecular complexity index is 351. The number of hydrogen-bond acceptors (Lipinski definition) is 2. The van der Waals surface area contributed by atoms with Crippen LogP contribution in [0.15, 0.2) is 30.3 Å². The molecular formula is C13H17NO. The molecule has 2 nitrogen and oxygen atoms in total. The molecule has 2 fully saturated rings. The number of benzene rings is 1. The number of hydrogen-bond donors (Lipinski definition) is 0. The monoisotopic (exact) mass is 203 g/mol. The predicted octanol–water partition coefficient (Wildman–Crippen LogP) is 2.05. The molecular weight excluding hydrogens is 186 g/mol. The van der Waals surface area contributed by atoms with Gasteiger partial charge < -0.3 is 4.74 Å². The van der Waals surface area contributed by atoms with Gasteiger partial charge in [0.2, 0.25) is 0 Å². The summed E-state index contributed by atoms with van der Waals surface area (Å²) in [7, 11) is 0. The molecule has 1 aromatic carbocycles. The Morgan fingerprint density at radius 1 is 1.40 bits per heavy atom. The van der Waals surface area contributed by atoms with Crippen LogP contribution in [0.25, 0.3) is 0 Å². The third-order valence-corrected chi connectivity index (χ3v) is 3.53. The van der Waals surface area contributed by atoms with E-state index < -0.39 is 0 Å². The van der Waals surface area contributed by atoms with Crippen LogP contribution in [-0.4, -0.2) is 29.7 Å². The lowest BCUT2D eigenvalue weighted by atomic mass is 10.00. The van der Waals surface area contributed by atoms with E-state index in [1.54, 1.807) is 0 Å². The van der Waals surface area contributed by atoms with Crippen molar-refractivity contribution in [3.63, 3.8) is 0 Å². The minimum Gasteiger partial charge on any atom is -0.365 e. The zero-order valence-corrected chi connectivity index (χ0v) is 9.15. The lowest BCUT2D eigenvalue weighted by Crippen LogP contribution is -2.39. The lowest BCUT2D eigenvalue weighted by molar-refractivity contribution is 0.193. The van der Waals surface area contributed by atoms with Crippen LogP contribution in [0.3, 0.4) is 0 Å². The first kappa shape index (κ1) is 9.37. The van der Waals surface area contributed by atoms with Gasteiger partial charge >= 0.3 is 0 Å². The van der Waals surface area contributed by atoms with E-state index >= 15 is 0 Å². The maximum absolute atomic E-state index is 5.69. The molecule has 0 unspecified atom stereocenters. The minimum atomic E-state index is 0.174. The van der Waals surface area contributed by atoms with Crippen LogP contribution in [0.4, 0.5) is 0 Å². The Labute approximate surface area is 90.8 Å². The molecule has 0 saturated carbocycles. The molecule has 2 aliphatic heterocycles. The van der Waals surface area contributed by atoms with E-state index in [1.807, 2.05) is 0 Å². The Morgan fingerprint density at radius 2 is 2.20 bits per heavy atom. The molecule has 2 heterocycles. The summed E-state index contributed by atoms with van der Waals surface area (Å²) in [6.07, 6.45) is 1.74. The van der Waals surface area contributed by atoms with E-state index in [0.717, 1.165) is 13.1 Å². The molecule has 3 rings (SSSR count). The number of fused-ring (bicyclic) bond motifs is 1. The van der Waals surface area contributed by atoms with Crippen LogP contribution < -0.4 is 0 Å². The van der Waals surface area contributed by atoms with E-state index in [2.05, 4.69) is 42.2 Å². The zero-order valence-electron chi connectivity index (χ0n) is 9.15. The quantitative estimate of drug-likeness (QED) is 0.684. The number of epoxide rings is 1. The van der Waals surface area contributed by atoms with E-state index in [0.29, 0.717) is 6.10 Å². The fourth-order valence-corrected chi connectivity index (χ4v) is 2.59. The van der Waals surface area contributed by atoms with Gasteiger partial charge in [-0.05, 0) is 18.9 Å². The molecule has 0 radical (unpaired) electrons. The third-order valence-electron chi connectivity index (χ3n) is 3.53. The van der Waals surface area contributed by atoms with Crippen molar-refractivity contribution in [2.24, 2.45) is 0 Å². The van der Waals surface area contributed by atoms with Crippen molar-refractivity contribution in [2.45, 2.75) is 31.6 Å². The van der Waals surface area contributed by atoms with Gasteiger partial charge in [-0.2, -0.15) is 0 Å². The van der Waals surface area contributed by atoms with E-state index in [-0.39, 0.29) is 5.60 Å². The number of likely N-dealkylation sites (tertiary alicyclic amines) is 1. The van der Waals surface area contributed by atoms with E-state index in [9.17, 15) is 0 Å². The molecule has 0 bridgehead atoms. The fraction of sp³-hybridized carbons (Fsp3) is 0.538. The van der Waals surface area contributed by atoms with Gasteiger partial charge in [0.05, 0.1) is 6.10 Å². The minimum absolute atomic E-state index is 0.174. The predicted molar refractivity (Wildman–Crippen MR) is 59.6 cm³/mol. The fourth-order valence-electron chi connectivity index (χ4n) is 2.59. The first-order valence-electron chi connectivity index (χ1n) is 5.70. The van der Waals surface area contributed by atoms with Crippen molar-refractivity contribution >= 4 is 0 Å². The maximum atomic E-state index is 5.69. The molecule has 0 N–H and O–H groups in total. The van der Waals surface area contributed by atoms with Gasteiger partial charge in [0.1, 0.15) is 5.60 Å². The lowest BCUT2D eigenvalue weighted by Gasteiger charge is -2.27. The normalized spacial score (nSPS) is 34.9. The van der Waals surface area contributed by atoms with Gasteiger partial charge in [0, 0.05) is 19.6 Å². The summed E-state index contributed by atoms with van der Waals surface area (Å²) in [4.78, 5) is 2.50. The van der Waals surface area contributed by atoms with Crippen LogP contribution in [0.2, 0.25) is 0 Å². The molecule has 2 saturated heterocycles. The van der Waals surface area contributed by atoms with Gasteiger partial charge in [-0.15, -0.1) is 0 Å². The first-order valence-corrected chi connectivity index (χ1v) is 5.70. The number of piperidine rings is 1. The zero-order chi connectivity index (χ0) is 10.3. The highest BCUT2D eigenvalue weighted by Crippen LogP contribution is 2.42. The second kappa shape index (κ2) is 3.32. The summed E-state index contributed by atoms with van der Waals surface area (Å²) in [6.45, 7) is 5.56. The van der Waals surface area contributed by atoms with Gasteiger partial charge in [-0.3, -0.25) is 4.90 Å². The standard InChI is InChI=1S/C13H17NO/c1-13-10-14(8-7-12(13)15-13)9-11-5-3-2-4-6-11/h2-6,12H,7-10H2,1H3/t12-,13+/m1/s1. The summed E-state index contributed by atoms with van der Waals surface area (Å²) in [5.41, 5.74) is 1.58. The summed E-state index contributed by atoms with van der Waals surface area (Å²) < 4.78 is 5.69. The molecule has 2 aliphatic rings. The molecule has 0 spiro atoms. The Morgan fingerprint density at radius 3 is 2.93 bits per heavy atom. The van der Waals surface area contributed by atoms with Crippen LogP contribution in [0.1, 0.15) is 18.9 Å². The highest BCUT2D eigenvalue weighted by atomic mass is 16.6. The molecule has 0 aliphatic carbocycles. The smallest absolute Gasteiger partial charge is 0.105 e. The van der Waals surface area contributed by atoms with Crippen LogP contribution in [0, 0.1) is 0 Å². The summed E-state index contributed by atoms with van der Waals surface area (Å²) in [5, 5.41) is 0. The van der Waals surface area contributed by atoms with Gasteiger partial charge in [0.25, 0.3) is 0 Å². The van der Waals surface area contributed by atoms with Gasteiger partial charge in [-0.1, -0.05) is 30.3 Å². The first-order chi connectivity index (χ1) is 7.26. The van der Waals surface area contributed by atoms with Crippen molar-refractivity contribution in [1.82, 2.24) is 4.90 Å². The van der Waals surface area contributed by atoms with Crippen molar-refractivity contribution in [3.8, 4) is 0 Å². The maximum Gasteiger partial charge on any atom is 0.105 e.